The molecule has 0 radical (unpaired) electrons. The lowest BCUT2D eigenvalue weighted by Crippen LogP contribution is -2.37. The number of nitrogens with two attached hydrogens (primary N) is 1. The van der Waals surface area contributed by atoms with Crippen LogP contribution < -0.4 is 5.73 Å². The predicted molar refractivity (Wildman–Crippen MR) is 69.2 cm³/mol. The van der Waals surface area contributed by atoms with Gasteiger partial charge in [-0.25, -0.2) is 0 Å². The molecule has 1 aromatic rings. The van der Waals surface area contributed by atoms with E-state index in [1.165, 1.54) is 0 Å². The van der Waals surface area contributed by atoms with Gasteiger partial charge in [0.25, 0.3) is 0 Å². The van der Waals surface area contributed by atoms with Crippen molar-refractivity contribution in [1.82, 2.24) is 0 Å². The maximum atomic E-state index is 6.06. The van der Waals surface area contributed by atoms with Crippen LogP contribution in [-0.2, 0) is 11.2 Å². The van der Waals surface area contributed by atoms with Crippen molar-refractivity contribution in [2.75, 3.05) is 7.11 Å². The summed E-state index contributed by atoms with van der Waals surface area (Å²) in [6.45, 7) is 2.06. The lowest BCUT2D eigenvalue weighted by molar-refractivity contribution is 0.0773. The molecule has 2 unspecified atom stereocenters. The fourth-order valence-electron chi connectivity index (χ4n) is 1.71. The van der Waals surface area contributed by atoms with Crippen LogP contribution in [0.25, 0.3) is 0 Å². The van der Waals surface area contributed by atoms with E-state index in [1.807, 2.05) is 12.1 Å². The Morgan fingerprint density at radius 2 is 2.00 bits per heavy atom. The average molecular weight is 262 g/mol. The van der Waals surface area contributed by atoms with Gasteiger partial charge in [0.1, 0.15) is 0 Å². The summed E-state index contributed by atoms with van der Waals surface area (Å²) in [5.74, 6) is 0. The molecule has 0 fully saturated rings. The third-order valence-corrected chi connectivity index (χ3v) is 3.38. The normalized spacial score (nSPS) is 14.8. The van der Waals surface area contributed by atoms with Gasteiger partial charge < -0.3 is 10.5 Å². The van der Waals surface area contributed by atoms with E-state index in [9.17, 15) is 0 Å². The number of hydrogen-bond acceptors (Lipinski definition) is 2. The second kappa shape index (κ2) is 6.45. The SMILES string of the molecule is CCC(OC)C(N)Cc1ccc(Cl)c(Cl)c1. The summed E-state index contributed by atoms with van der Waals surface area (Å²) in [5, 5.41) is 1.13. The van der Waals surface area contributed by atoms with E-state index in [-0.39, 0.29) is 12.1 Å². The average Bonchev–Trinajstić information content (AvgIpc) is 2.25. The number of halogens is 2. The monoisotopic (exact) mass is 261 g/mol. The van der Waals surface area contributed by atoms with Crippen molar-refractivity contribution < 1.29 is 4.74 Å². The Hall–Kier alpha value is -0.280. The van der Waals surface area contributed by atoms with Gasteiger partial charge in [0.2, 0.25) is 0 Å². The van der Waals surface area contributed by atoms with Gasteiger partial charge in [0.05, 0.1) is 16.1 Å². The molecule has 1 rings (SSSR count). The molecule has 4 heteroatoms. The van der Waals surface area contributed by atoms with Gasteiger partial charge in [0.15, 0.2) is 0 Å². The highest BCUT2D eigenvalue weighted by Gasteiger charge is 2.15. The number of ether oxygens (including phenoxy) is 1. The topological polar surface area (TPSA) is 35.2 Å². The van der Waals surface area contributed by atoms with Gasteiger partial charge in [-0.1, -0.05) is 36.2 Å². The van der Waals surface area contributed by atoms with Crippen molar-refractivity contribution in [3.8, 4) is 0 Å². The Bertz CT molecular complexity index is 340. The molecule has 2 atom stereocenters. The molecule has 90 valence electrons. The first kappa shape index (κ1) is 13.8. The predicted octanol–water partition coefficient (Wildman–Crippen LogP) is 3.29. The van der Waals surface area contributed by atoms with Crippen LogP contribution in [0.1, 0.15) is 18.9 Å². The van der Waals surface area contributed by atoms with Crippen molar-refractivity contribution in [2.24, 2.45) is 5.73 Å². The van der Waals surface area contributed by atoms with Gasteiger partial charge in [0, 0.05) is 13.2 Å². The zero-order chi connectivity index (χ0) is 12.1. The second-order valence-electron chi connectivity index (χ2n) is 3.80. The maximum Gasteiger partial charge on any atom is 0.0722 e. The summed E-state index contributed by atoms with van der Waals surface area (Å²) in [6.07, 6.45) is 1.72. The van der Waals surface area contributed by atoms with Crippen LogP contribution in [0.5, 0.6) is 0 Å². The Morgan fingerprint density at radius 1 is 1.31 bits per heavy atom. The van der Waals surface area contributed by atoms with Crippen LogP contribution in [0.4, 0.5) is 0 Å². The van der Waals surface area contributed by atoms with Gasteiger partial charge >= 0.3 is 0 Å². The third kappa shape index (κ3) is 3.63. The minimum Gasteiger partial charge on any atom is -0.380 e. The first-order chi connectivity index (χ1) is 7.58. The summed E-state index contributed by atoms with van der Waals surface area (Å²) in [6, 6.07) is 5.56. The van der Waals surface area contributed by atoms with E-state index >= 15 is 0 Å². The molecule has 0 spiro atoms. The molecule has 0 aromatic heterocycles. The lowest BCUT2D eigenvalue weighted by Gasteiger charge is -2.21. The van der Waals surface area contributed by atoms with Crippen LogP contribution in [0.15, 0.2) is 18.2 Å². The highest BCUT2D eigenvalue weighted by Crippen LogP contribution is 2.23. The molecule has 0 bridgehead atoms. The third-order valence-electron chi connectivity index (χ3n) is 2.64. The Balaban J connectivity index is 2.69. The molecule has 0 aliphatic carbocycles. The zero-order valence-electron chi connectivity index (χ0n) is 9.54. The van der Waals surface area contributed by atoms with E-state index in [4.69, 9.17) is 33.7 Å². The Morgan fingerprint density at radius 3 is 2.50 bits per heavy atom. The van der Waals surface area contributed by atoms with Crippen molar-refractivity contribution in [3.05, 3.63) is 33.8 Å². The quantitative estimate of drug-likeness (QED) is 0.883. The smallest absolute Gasteiger partial charge is 0.0722 e. The van der Waals surface area contributed by atoms with Gasteiger partial charge in [-0.2, -0.15) is 0 Å². The summed E-state index contributed by atoms with van der Waals surface area (Å²) in [7, 11) is 1.68. The Kier molecular flexibility index (Phi) is 5.56. The van der Waals surface area contributed by atoms with Crippen molar-refractivity contribution >= 4 is 23.2 Å². The molecule has 16 heavy (non-hydrogen) atoms. The highest BCUT2D eigenvalue weighted by molar-refractivity contribution is 6.42. The molecular formula is C12H17Cl2NO. The van der Waals surface area contributed by atoms with Crippen molar-refractivity contribution in [3.63, 3.8) is 0 Å². The van der Waals surface area contributed by atoms with Gasteiger partial charge in [-0.3, -0.25) is 0 Å². The number of benzene rings is 1. The molecule has 0 amide bonds. The van der Waals surface area contributed by atoms with Crippen LogP contribution in [-0.4, -0.2) is 19.3 Å². The molecule has 2 N–H and O–H groups in total. The van der Waals surface area contributed by atoms with Crippen LogP contribution >= 0.6 is 23.2 Å². The molecular weight excluding hydrogens is 245 g/mol. The van der Waals surface area contributed by atoms with Crippen LogP contribution in [0.3, 0.4) is 0 Å². The first-order valence-corrected chi connectivity index (χ1v) is 6.06. The molecule has 0 aliphatic heterocycles. The van der Waals surface area contributed by atoms with Crippen LogP contribution in [0, 0.1) is 0 Å². The molecule has 0 heterocycles. The minimum absolute atomic E-state index is 0.0211. The van der Waals surface area contributed by atoms with E-state index in [1.54, 1.807) is 13.2 Å². The molecule has 1 aromatic carbocycles. The molecule has 2 nitrogen and oxygen atoms in total. The number of methoxy groups -OCH3 is 1. The minimum atomic E-state index is -0.0211. The maximum absolute atomic E-state index is 6.06. The number of rotatable bonds is 5. The first-order valence-electron chi connectivity index (χ1n) is 5.30. The van der Waals surface area contributed by atoms with E-state index in [0.717, 1.165) is 18.4 Å². The largest absolute Gasteiger partial charge is 0.380 e. The highest BCUT2D eigenvalue weighted by atomic mass is 35.5. The molecule has 0 saturated carbocycles. The Labute approximate surface area is 107 Å². The summed E-state index contributed by atoms with van der Waals surface area (Å²) in [5.41, 5.74) is 7.14. The lowest BCUT2D eigenvalue weighted by atomic mass is 10.0. The second-order valence-corrected chi connectivity index (χ2v) is 4.61. The standard InChI is InChI=1S/C12H17Cl2NO/c1-3-12(16-2)11(15)7-8-4-5-9(13)10(14)6-8/h4-6,11-12H,3,7,15H2,1-2H3. The molecule has 0 saturated heterocycles. The van der Waals surface area contributed by atoms with Gasteiger partial charge in [-0.15, -0.1) is 0 Å². The van der Waals surface area contributed by atoms with E-state index in [0.29, 0.717) is 10.0 Å². The molecule has 0 aliphatic rings. The fraction of sp³-hybridized carbons (Fsp3) is 0.500. The number of hydrogen-bond donors (Lipinski definition) is 1. The van der Waals surface area contributed by atoms with Crippen LogP contribution in [0.2, 0.25) is 10.0 Å². The van der Waals surface area contributed by atoms with E-state index < -0.39 is 0 Å². The fourth-order valence-corrected chi connectivity index (χ4v) is 2.04. The summed E-state index contributed by atoms with van der Waals surface area (Å²) in [4.78, 5) is 0. The van der Waals surface area contributed by atoms with Gasteiger partial charge in [-0.05, 0) is 30.5 Å². The van der Waals surface area contributed by atoms with Crippen molar-refractivity contribution in [2.45, 2.75) is 31.9 Å². The van der Waals surface area contributed by atoms with E-state index in [2.05, 4.69) is 6.92 Å². The van der Waals surface area contributed by atoms with Crippen molar-refractivity contribution in [1.29, 1.82) is 0 Å². The zero-order valence-corrected chi connectivity index (χ0v) is 11.1. The summed E-state index contributed by atoms with van der Waals surface area (Å²) < 4.78 is 5.30. The summed E-state index contributed by atoms with van der Waals surface area (Å²) >= 11 is 11.8.